The molecule has 3 rings (SSSR count). The summed E-state index contributed by atoms with van der Waals surface area (Å²) in [5, 5.41) is 3.70. The quantitative estimate of drug-likeness (QED) is 0.785. The Kier molecular flexibility index (Phi) is 3.49. The molecule has 0 radical (unpaired) electrons. The third-order valence-electron chi connectivity index (χ3n) is 4.76. The summed E-state index contributed by atoms with van der Waals surface area (Å²) in [5.41, 5.74) is 0. The van der Waals surface area contributed by atoms with Crippen LogP contribution in [0.25, 0.3) is 0 Å². The molecule has 2 nitrogen and oxygen atoms in total. The minimum absolute atomic E-state index is 0.851. The van der Waals surface area contributed by atoms with E-state index in [0.29, 0.717) is 0 Å². The molecule has 0 bridgehead atoms. The van der Waals surface area contributed by atoms with Crippen LogP contribution in [0.5, 0.6) is 0 Å². The van der Waals surface area contributed by atoms with Crippen molar-refractivity contribution in [3.05, 3.63) is 0 Å². The normalized spacial score (nSPS) is 36.8. The molecular weight excluding hydrogens is 196 g/mol. The lowest BCUT2D eigenvalue weighted by Gasteiger charge is -2.35. The second-order valence-electron chi connectivity index (χ2n) is 6.14. The second-order valence-corrected chi connectivity index (χ2v) is 6.14. The molecule has 2 heterocycles. The van der Waals surface area contributed by atoms with E-state index in [4.69, 9.17) is 0 Å². The molecule has 1 saturated carbocycles. The Bertz CT molecular complexity index is 219. The average molecular weight is 222 g/mol. The first-order chi connectivity index (χ1) is 7.92. The van der Waals surface area contributed by atoms with E-state index in [1.54, 1.807) is 0 Å². The van der Waals surface area contributed by atoms with Gasteiger partial charge in [0.05, 0.1) is 0 Å². The predicted octanol–water partition coefficient (Wildman–Crippen LogP) is 2.25. The van der Waals surface area contributed by atoms with Gasteiger partial charge in [-0.25, -0.2) is 0 Å². The van der Waals surface area contributed by atoms with Crippen LogP contribution in [0, 0.1) is 11.8 Å². The number of rotatable bonds is 4. The van der Waals surface area contributed by atoms with Crippen LogP contribution in [0.1, 0.15) is 44.9 Å². The van der Waals surface area contributed by atoms with Crippen molar-refractivity contribution >= 4 is 0 Å². The van der Waals surface area contributed by atoms with Crippen molar-refractivity contribution in [1.82, 2.24) is 10.2 Å². The highest BCUT2D eigenvalue weighted by atomic mass is 15.1. The molecule has 2 unspecified atom stereocenters. The molecule has 2 saturated heterocycles. The van der Waals surface area contributed by atoms with Crippen molar-refractivity contribution in [2.24, 2.45) is 11.8 Å². The van der Waals surface area contributed by atoms with Crippen molar-refractivity contribution in [1.29, 1.82) is 0 Å². The molecule has 92 valence electrons. The summed E-state index contributed by atoms with van der Waals surface area (Å²) < 4.78 is 0. The highest BCUT2D eigenvalue weighted by molar-refractivity contribution is 4.86. The first-order valence-electron chi connectivity index (χ1n) is 7.37. The van der Waals surface area contributed by atoms with E-state index in [1.165, 1.54) is 71.1 Å². The average Bonchev–Trinajstić information content (AvgIpc) is 2.99. The first kappa shape index (κ1) is 11.0. The Morgan fingerprint density at radius 3 is 2.75 bits per heavy atom. The Morgan fingerprint density at radius 1 is 1.06 bits per heavy atom. The van der Waals surface area contributed by atoms with E-state index in [0.717, 1.165) is 17.9 Å². The predicted molar refractivity (Wildman–Crippen MR) is 67.5 cm³/mol. The molecule has 1 aliphatic carbocycles. The van der Waals surface area contributed by atoms with Crippen molar-refractivity contribution in [3.63, 3.8) is 0 Å². The molecule has 0 aromatic carbocycles. The van der Waals surface area contributed by atoms with E-state index in [9.17, 15) is 0 Å². The zero-order valence-electron chi connectivity index (χ0n) is 10.5. The zero-order chi connectivity index (χ0) is 10.8. The van der Waals surface area contributed by atoms with Crippen LogP contribution in [0.3, 0.4) is 0 Å². The maximum absolute atomic E-state index is 3.70. The van der Waals surface area contributed by atoms with Gasteiger partial charge in [-0.15, -0.1) is 0 Å². The highest BCUT2D eigenvalue weighted by Gasteiger charge is 2.29. The second kappa shape index (κ2) is 5.05. The SMILES string of the molecule is C1CNC(C2CCCN(CCC3CC3)C2)C1. The van der Waals surface area contributed by atoms with Crippen LogP contribution in [-0.2, 0) is 0 Å². The monoisotopic (exact) mass is 222 g/mol. The largest absolute Gasteiger partial charge is 0.314 e. The Labute approximate surface area is 99.8 Å². The summed E-state index contributed by atoms with van der Waals surface area (Å²) in [5.74, 6) is 2.06. The summed E-state index contributed by atoms with van der Waals surface area (Å²) in [6.07, 6.45) is 10.3. The molecular formula is C14H26N2. The molecule has 0 spiro atoms. The molecule has 3 aliphatic rings. The van der Waals surface area contributed by atoms with Crippen molar-refractivity contribution in [3.8, 4) is 0 Å². The van der Waals surface area contributed by atoms with Gasteiger partial charge < -0.3 is 10.2 Å². The molecule has 2 aliphatic heterocycles. The maximum atomic E-state index is 3.70. The van der Waals surface area contributed by atoms with E-state index in [2.05, 4.69) is 10.2 Å². The van der Waals surface area contributed by atoms with E-state index < -0.39 is 0 Å². The zero-order valence-corrected chi connectivity index (χ0v) is 10.5. The van der Waals surface area contributed by atoms with E-state index >= 15 is 0 Å². The minimum atomic E-state index is 0.851. The summed E-state index contributed by atoms with van der Waals surface area (Å²) in [7, 11) is 0. The Hall–Kier alpha value is -0.0800. The van der Waals surface area contributed by atoms with Gasteiger partial charge in [-0.1, -0.05) is 12.8 Å². The summed E-state index contributed by atoms with van der Waals surface area (Å²) in [6.45, 7) is 5.40. The lowest BCUT2D eigenvalue weighted by molar-refractivity contribution is 0.148. The molecule has 0 amide bonds. The number of likely N-dealkylation sites (tertiary alicyclic amines) is 1. The van der Waals surface area contributed by atoms with Gasteiger partial charge in [-0.05, 0) is 63.6 Å². The third kappa shape index (κ3) is 2.78. The Morgan fingerprint density at radius 2 is 2.00 bits per heavy atom. The summed E-state index contributed by atoms with van der Waals surface area (Å²) >= 11 is 0. The fourth-order valence-corrected chi connectivity index (χ4v) is 3.51. The van der Waals surface area contributed by atoms with Crippen LogP contribution >= 0.6 is 0 Å². The minimum Gasteiger partial charge on any atom is -0.314 e. The lowest BCUT2D eigenvalue weighted by Crippen LogP contribution is -2.43. The van der Waals surface area contributed by atoms with Crippen LogP contribution < -0.4 is 5.32 Å². The van der Waals surface area contributed by atoms with Crippen molar-refractivity contribution < 1.29 is 0 Å². The molecule has 2 atom stereocenters. The van der Waals surface area contributed by atoms with Crippen LogP contribution in [0.2, 0.25) is 0 Å². The maximum Gasteiger partial charge on any atom is 0.0108 e. The fraction of sp³-hybridized carbons (Fsp3) is 1.00. The molecule has 1 N–H and O–H groups in total. The van der Waals surface area contributed by atoms with Gasteiger partial charge in [0.15, 0.2) is 0 Å². The fourth-order valence-electron chi connectivity index (χ4n) is 3.51. The van der Waals surface area contributed by atoms with Gasteiger partial charge in [-0.2, -0.15) is 0 Å². The highest BCUT2D eigenvalue weighted by Crippen LogP contribution is 2.33. The van der Waals surface area contributed by atoms with Gasteiger partial charge in [-0.3, -0.25) is 0 Å². The Balaban J connectivity index is 1.44. The van der Waals surface area contributed by atoms with Gasteiger partial charge in [0, 0.05) is 12.6 Å². The van der Waals surface area contributed by atoms with Gasteiger partial charge in [0.25, 0.3) is 0 Å². The lowest BCUT2D eigenvalue weighted by atomic mass is 9.89. The molecule has 0 aromatic rings. The van der Waals surface area contributed by atoms with Gasteiger partial charge in [0.2, 0.25) is 0 Å². The van der Waals surface area contributed by atoms with E-state index in [1.807, 2.05) is 0 Å². The summed E-state index contributed by atoms with van der Waals surface area (Å²) in [4.78, 5) is 2.74. The van der Waals surface area contributed by atoms with Crippen LogP contribution in [0.15, 0.2) is 0 Å². The first-order valence-corrected chi connectivity index (χ1v) is 7.37. The number of piperidine rings is 1. The number of hydrogen-bond acceptors (Lipinski definition) is 2. The van der Waals surface area contributed by atoms with Crippen LogP contribution in [0.4, 0.5) is 0 Å². The van der Waals surface area contributed by atoms with Gasteiger partial charge in [0.1, 0.15) is 0 Å². The smallest absolute Gasteiger partial charge is 0.0108 e. The number of nitrogens with zero attached hydrogens (tertiary/aromatic N) is 1. The number of nitrogens with one attached hydrogen (secondary N) is 1. The molecule has 0 aromatic heterocycles. The molecule has 16 heavy (non-hydrogen) atoms. The van der Waals surface area contributed by atoms with E-state index in [-0.39, 0.29) is 0 Å². The molecule has 2 heteroatoms. The number of hydrogen-bond donors (Lipinski definition) is 1. The van der Waals surface area contributed by atoms with Gasteiger partial charge >= 0.3 is 0 Å². The molecule has 3 fully saturated rings. The standard InChI is InChI=1S/C14H26N2/c1-4-14(15-8-1)13-3-2-9-16(11-13)10-7-12-5-6-12/h12-15H,1-11H2. The van der Waals surface area contributed by atoms with Crippen LogP contribution in [-0.4, -0.2) is 37.1 Å². The topological polar surface area (TPSA) is 15.3 Å². The van der Waals surface area contributed by atoms with Crippen molar-refractivity contribution in [2.75, 3.05) is 26.2 Å². The third-order valence-corrected chi connectivity index (χ3v) is 4.76. The van der Waals surface area contributed by atoms with Crippen molar-refractivity contribution in [2.45, 2.75) is 51.0 Å². The summed E-state index contributed by atoms with van der Waals surface area (Å²) in [6, 6.07) is 0.851.